The van der Waals surface area contributed by atoms with E-state index in [1.807, 2.05) is 52.0 Å². The molecule has 1 heterocycles. The number of hydrogen-bond acceptors (Lipinski definition) is 3. The Morgan fingerprint density at radius 3 is 2.52 bits per heavy atom. The van der Waals surface area contributed by atoms with Crippen LogP contribution in [0.25, 0.3) is 11.3 Å². The van der Waals surface area contributed by atoms with E-state index in [0.29, 0.717) is 11.5 Å². The van der Waals surface area contributed by atoms with Crippen LogP contribution in [-0.4, -0.2) is 11.0 Å². The molecule has 0 aliphatic carbocycles. The number of rotatable bonds is 3. The van der Waals surface area contributed by atoms with E-state index >= 15 is 0 Å². The lowest BCUT2D eigenvalue weighted by atomic mass is 9.95. The standard InChI is InChI=1S/C17H21NO3/c1-11-5-6-12(15-8-7-13(10-19)21-15)9-14(11)18-16(20)17(2,3)4/h5-9,19H,10H2,1-4H3,(H,18,20). The molecule has 0 bridgehead atoms. The fourth-order valence-corrected chi connectivity index (χ4v) is 1.84. The summed E-state index contributed by atoms with van der Waals surface area (Å²) >= 11 is 0. The Bertz CT molecular complexity index is 650. The molecule has 2 rings (SSSR count). The molecule has 0 spiro atoms. The third-order valence-electron chi connectivity index (χ3n) is 3.27. The summed E-state index contributed by atoms with van der Waals surface area (Å²) in [5.74, 6) is 1.16. The van der Waals surface area contributed by atoms with Gasteiger partial charge in [-0.25, -0.2) is 0 Å². The maximum absolute atomic E-state index is 12.1. The highest BCUT2D eigenvalue weighted by Gasteiger charge is 2.21. The molecular weight excluding hydrogens is 266 g/mol. The van der Waals surface area contributed by atoms with Gasteiger partial charge in [0.2, 0.25) is 5.91 Å². The predicted molar refractivity (Wildman–Crippen MR) is 82.9 cm³/mol. The van der Waals surface area contributed by atoms with Crippen LogP contribution in [0.4, 0.5) is 5.69 Å². The number of hydrogen-bond donors (Lipinski definition) is 2. The van der Waals surface area contributed by atoms with Crippen LogP contribution in [0, 0.1) is 12.3 Å². The molecule has 1 amide bonds. The second-order valence-corrected chi connectivity index (χ2v) is 6.16. The van der Waals surface area contributed by atoms with Gasteiger partial charge in [0, 0.05) is 16.7 Å². The Labute approximate surface area is 124 Å². The fraction of sp³-hybridized carbons (Fsp3) is 0.353. The first kappa shape index (κ1) is 15.3. The zero-order valence-electron chi connectivity index (χ0n) is 12.9. The van der Waals surface area contributed by atoms with Crippen LogP contribution in [0.2, 0.25) is 0 Å². The lowest BCUT2D eigenvalue weighted by Gasteiger charge is -2.19. The molecule has 1 aromatic carbocycles. The van der Waals surface area contributed by atoms with Gasteiger partial charge in [0.05, 0.1) is 0 Å². The molecule has 0 aliphatic rings. The van der Waals surface area contributed by atoms with Gasteiger partial charge >= 0.3 is 0 Å². The molecule has 2 aromatic rings. The van der Waals surface area contributed by atoms with Crippen molar-refractivity contribution in [3.8, 4) is 11.3 Å². The number of aliphatic hydroxyl groups is 1. The predicted octanol–water partition coefficient (Wildman–Crippen LogP) is 3.73. The van der Waals surface area contributed by atoms with Gasteiger partial charge in [0.1, 0.15) is 18.1 Å². The van der Waals surface area contributed by atoms with Gasteiger partial charge in [-0.3, -0.25) is 4.79 Å². The Morgan fingerprint density at radius 1 is 1.24 bits per heavy atom. The van der Waals surface area contributed by atoms with Crippen molar-refractivity contribution in [2.24, 2.45) is 5.41 Å². The Hall–Kier alpha value is -2.07. The third kappa shape index (κ3) is 3.52. The number of carbonyl (C=O) groups is 1. The van der Waals surface area contributed by atoms with Crippen molar-refractivity contribution in [3.63, 3.8) is 0 Å². The summed E-state index contributed by atoms with van der Waals surface area (Å²) < 4.78 is 5.52. The quantitative estimate of drug-likeness (QED) is 0.904. The number of aryl methyl sites for hydroxylation is 1. The fourth-order valence-electron chi connectivity index (χ4n) is 1.84. The molecule has 0 atom stereocenters. The summed E-state index contributed by atoms with van der Waals surface area (Å²) in [5, 5.41) is 12.0. The van der Waals surface area contributed by atoms with Gasteiger partial charge in [0.25, 0.3) is 0 Å². The Balaban J connectivity index is 2.31. The maximum Gasteiger partial charge on any atom is 0.229 e. The van der Waals surface area contributed by atoms with Crippen molar-refractivity contribution in [2.45, 2.75) is 34.3 Å². The Kier molecular flexibility index (Phi) is 4.19. The van der Waals surface area contributed by atoms with Gasteiger partial charge in [-0.05, 0) is 30.7 Å². The van der Waals surface area contributed by atoms with E-state index in [4.69, 9.17) is 9.52 Å². The van der Waals surface area contributed by atoms with Crippen LogP contribution in [0.3, 0.4) is 0 Å². The van der Waals surface area contributed by atoms with E-state index in [1.165, 1.54) is 0 Å². The van der Waals surface area contributed by atoms with Gasteiger partial charge < -0.3 is 14.8 Å². The number of anilines is 1. The van der Waals surface area contributed by atoms with Crippen LogP contribution in [-0.2, 0) is 11.4 Å². The second-order valence-electron chi connectivity index (χ2n) is 6.16. The summed E-state index contributed by atoms with van der Waals surface area (Å²) in [4.78, 5) is 12.1. The van der Waals surface area contributed by atoms with E-state index < -0.39 is 5.41 Å². The normalized spacial score (nSPS) is 11.5. The first-order valence-corrected chi connectivity index (χ1v) is 6.93. The average molecular weight is 287 g/mol. The molecule has 0 radical (unpaired) electrons. The van der Waals surface area contributed by atoms with Crippen LogP contribution in [0.1, 0.15) is 32.1 Å². The van der Waals surface area contributed by atoms with Crippen molar-refractivity contribution in [1.29, 1.82) is 0 Å². The number of furan rings is 1. The van der Waals surface area contributed by atoms with E-state index in [-0.39, 0.29) is 12.5 Å². The number of benzene rings is 1. The van der Waals surface area contributed by atoms with Gasteiger partial charge in [-0.1, -0.05) is 32.9 Å². The van der Waals surface area contributed by atoms with Crippen LogP contribution < -0.4 is 5.32 Å². The van der Waals surface area contributed by atoms with Crippen molar-refractivity contribution in [1.82, 2.24) is 0 Å². The molecule has 0 saturated carbocycles. The van der Waals surface area contributed by atoms with E-state index in [9.17, 15) is 4.79 Å². The highest BCUT2D eigenvalue weighted by molar-refractivity contribution is 5.95. The number of nitrogens with one attached hydrogen (secondary N) is 1. The summed E-state index contributed by atoms with van der Waals surface area (Å²) in [6.07, 6.45) is 0. The molecule has 0 saturated heterocycles. The Morgan fingerprint density at radius 2 is 1.95 bits per heavy atom. The molecule has 1 aromatic heterocycles. The summed E-state index contributed by atoms with van der Waals surface area (Å²) in [6, 6.07) is 9.31. The molecule has 0 unspecified atom stereocenters. The largest absolute Gasteiger partial charge is 0.459 e. The number of aliphatic hydroxyl groups excluding tert-OH is 1. The average Bonchev–Trinajstić information content (AvgIpc) is 2.89. The molecular formula is C17H21NO3. The lowest BCUT2D eigenvalue weighted by Crippen LogP contribution is -2.27. The van der Waals surface area contributed by atoms with Crippen molar-refractivity contribution < 1.29 is 14.3 Å². The molecule has 2 N–H and O–H groups in total. The first-order valence-electron chi connectivity index (χ1n) is 6.93. The lowest BCUT2D eigenvalue weighted by molar-refractivity contribution is -0.123. The first-order chi connectivity index (χ1) is 9.81. The molecule has 4 heteroatoms. The summed E-state index contributed by atoms with van der Waals surface area (Å²) in [7, 11) is 0. The smallest absolute Gasteiger partial charge is 0.229 e. The maximum atomic E-state index is 12.1. The molecule has 4 nitrogen and oxygen atoms in total. The SMILES string of the molecule is Cc1ccc(-c2ccc(CO)o2)cc1NC(=O)C(C)(C)C. The number of amides is 1. The highest BCUT2D eigenvalue weighted by Crippen LogP contribution is 2.28. The molecule has 21 heavy (non-hydrogen) atoms. The molecule has 0 fully saturated rings. The van der Waals surface area contributed by atoms with E-state index in [2.05, 4.69) is 5.32 Å². The van der Waals surface area contributed by atoms with Gasteiger partial charge in [0.15, 0.2) is 0 Å². The zero-order chi connectivity index (χ0) is 15.6. The second kappa shape index (κ2) is 5.74. The highest BCUT2D eigenvalue weighted by atomic mass is 16.4. The minimum atomic E-state index is -0.447. The minimum absolute atomic E-state index is 0.0294. The van der Waals surface area contributed by atoms with Gasteiger partial charge in [-0.15, -0.1) is 0 Å². The topological polar surface area (TPSA) is 62.5 Å². The van der Waals surface area contributed by atoms with Crippen LogP contribution >= 0.6 is 0 Å². The van der Waals surface area contributed by atoms with E-state index in [0.717, 1.165) is 16.8 Å². The van der Waals surface area contributed by atoms with Gasteiger partial charge in [-0.2, -0.15) is 0 Å². The molecule has 0 aliphatic heterocycles. The summed E-state index contributed by atoms with van der Waals surface area (Å²) in [5.41, 5.74) is 2.18. The van der Waals surface area contributed by atoms with Crippen molar-refractivity contribution >= 4 is 11.6 Å². The number of carbonyl (C=O) groups excluding carboxylic acids is 1. The van der Waals surface area contributed by atoms with Crippen molar-refractivity contribution in [3.05, 3.63) is 41.7 Å². The van der Waals surface area contributed by atoms with E-state index in [1.54, 1.807) is 6.07 Å². The monoisotopic (exact) mass is 287 g/mol. The zero-order valence-corrected chi connectivity index (χ0v) is 12.9. The van der Waals surface area contributed by atoms with Crippen molar-refractivity contribution in [2.75, 3.05) is 5.32 Å². The van der Waals surface area contributed by atoms with Crippen LogP contribution in [0.15, 0.2) is 34.7 Å². The third-order valence-corrected chi connectivity index (χ3v) is 3.27. The van der Waals surface area contributed by atoms with Crippen LogP contribution in [0.5, 0.6) is 0 Å². The summed E-state index contributed by atoms with van der Waals surface area (Å²) in [6.45, 7) is 7.45. The molecule has 112 valence electrons. The minimum Gasteiger partial charge on any atom is -0.459 e.